The number of carbonyl (C=O) groups is 2. The number of carbonyl (C=O) groups excluding carboxylic acids is 1. The van der Waals surface area contributed by atoms with E-state index in [4.69, 9.17) is 5.11 Å². The predicted octanol–water partition coefficient (Wildman–Crippen LogP) is 2.18. The molecule has 0 bridgehead atoms. The molecule has 0 spiro atoms. The molecule has 6 nitrogen and oxygen atoms in total. The number of hydrogen-bond donors (Lipinski definition) is 1. The van der Waals surface area contributed by atoms with E-state index in [1.165, 1.54) is 11.3 Å². The number of rotatable bonds is 3. The van der Waals surface area contributed by atoms with E-state index in [0.717, 1.165) is 10.8 Å². The van der Waals surface area contributed by atoms with E-state index in [1.807, 2.05) is 36.0 Å². The minimum Gasteiger partial charge on any atom is -0.481 e. The van der Waals surface area contributed by atoms with Gasteiger partial charge < -0.3 is 14.6 Å². The highest BCUT2D eigenvalue weighted by atomic mass is 32.1. The van der Waals surface area contributed by atoms with E-state index in [2.05, 4.69) is 4.98 Å². The maximum atomic E-state index is 12.6. The van der Waals surface area contributed by atoms with E-state index in [9.17, 15) is 9.59 Å². The highest BCUT2D eigenvalue weighted by molar-refractivity contribution is 7.16. The van der Waals surface area contributed by atoms with Gasteiger partial charge in [0.2, 0.25) is 0 Å². The zero-order valence-corrected chi connectivity index (χ0v) is 13.0. The number of piperidine rings is 1. The third-order valence-electron chi connectivity index (χ3n) is 3.94. The molecule has 0 unspecified atom stereocenters. The summed E-state index contributed by atoms with van der Waals surface area (Å²) in [6, 6.07) is 3.82. The number of hydrogen-bond acceptors (Lipinski definition) is 4. The van der Waals surface area contributed by atoms with Crippen molar-refractivity contribution in [1.82, 2.24) is 14.5 Å². The van der Waals surface area contributed by atoms with Gasteiger partial charge in [-0.15, -0.1) is 0 Å². The van der Waals surface area contributed by atoms with Crippen LogP contribution in [0.2, 0.25) is 0 Å². The number of carboxylic acids is 1. The first-order valence-corrected chi connectivity index (χ1v) is 8.01. The van der Waals surface area contributed by atoms with E-state index in [1.54, 1.807) is 4.90 Å². The van der Waals surface area contributed by atoms with Crippen LogP contribution in [-0.2, 0) is 4.79 Å². The van der Waals surface area contributed by atoms with Gasteiger partial charge in [-0.2, -0.15) is 0 Å². The van der Waals surface area contributed by atoms with Gasteiger partial charge in [0, 0.05) is 25.5 Å². The highest BCUT2D eigenvalue weighted by Crippen LogP contribution is 2.25. The van der Waals surface area contributed by atoms with E-state index in [-0.39, 0.29) is 11.8 Å². The summed E-state index contributed by atoms with van der Waals surface area (Å²) in [7, 11) is 0. The molecule has 116 valence electrons. The Morgan fingerprint density at radius 3 is 2.50 bits per heavy atom. The normalized spacial score (nSPS) is 16.0. The predicted molar refractivity (Wildman–Crippen MR) is 82.4 cm³/mol. The number of aliphatic carboxylic acids is 1. The van der Waals surface area contributed by atoms with Gasteiger partial charge in [0.15, 0.2) is 5.13 Å². The SMILES string of the molecule is Cc1nc(-n2cccc2)sc1C(=O)N1CCC(C(=O)O)CC1. The fourth-order valence-corrected chi connectivity index (χ4v) is 3.63. The van der Waals surface area contributed by atoms with Crippen LogP contribution >= 0.6 is 11.3 Å². The van der Waals surface area contributed by atoms with Crippen molar-refractivity contribution in [3.63, 3.8) is 0 Å². The number of aromatic nitrogens is 2. The molecule has 3 heterocycles. The van der Waals surface area contributed by atoms with E-state index in [0.29, 0.717) is 30.8 Å². The smallest absolute Gasteiger partial charge is 0.306 e. The Kier molecular flexibility index (Phi) is 3.98. The maximum Gasteiger partial charge on any atom is 0.306 e. The van der Waals surface area contributed by atoms with Crippen molar-refractivity contribution in [2.75, 3.05) is 13.1 Å². The van der Waals surface area contributed by atoms with Gasteiger partial charge >= 0.3 is 5.97 Å². The second-order valence-corrected chi connectivity index (χ2v) is 6.38. The molecule has 1 aliphatic heterocycles. The van der Waals surface area contributed by atoms with Gasteiger partial charge in [0.25, 0.3) is 5.91 Å². The van der Waals surface area contributed by atoms with Gasteiger partial charge in [-0.3, -0.25) is 9.59 Å². The second kappa shape index (κ2) is 5.92. The largest absolute Gasteiger partial charge is 0.481 e. The number of aryl methyl sites for hydroxylation is 1. The van der Waals surface area contributed by atoms with Crippen molar-refractivity contribution >= 4 is 23.2 Å². The Morgan fingerprint density at radius 2 is 1.91 bits per heavy atom. The Labute approximate surface area is 132 Å². The van der Waals surface area contributed by atoms with Crippen LogP contribution in [0.4, 0.5) is 0 Å². The standard InChI is InChI=1S/C15H17N3O3S/c1-10-12(22-15(16-10)18-6-2-3-7-18)13(19)17-8-4-11(5-9-17)14(20)21/h2-3,6-7,11H,4-5,8-9H2,1H3,(H,20,21). The van der Waals surface area contributed by atoms with Gasteiger partial charge in [-0.1, -0.05) is 11.3 Å². The van der Waals surface area contributed by atoms with Crippen LogP contribution in [0.5, 0.6) is 0 Å². The first-order valence-electron chi connectivity index (χ1n) is 7.19. The molecular formula is C15H17N3O3S. The average Bonchev–Trinajstić information content (AvgIpc) is 3.16. The van der Waals surface area contributed by atoms with Gasteiger partial charge in [0.05, 0.1) is 11.6 Å². The van der Waals surface area contributed by atoms with E-state index >= 15 is 0 Å². The minimum atomic E-state index is -0.768. The molecule has 1 N–H and O–H groups in total. The number of thiazole rings is 1. The minimum absolute atomic E-state index is 0.0442. The monoisotopic (exact) mass is 319 g/mol. The molecule has 0 radical (unpaired) electrons. The van der Waals surface area contributed by atoms with Crippen LogP contribution < -0.4 is 0 Å². The summed E-state index contributed by atoms with van der Waals surface area (Å²) < 4.78 is 1.88. The summed E-state index contributed by atoms with van der Waals surface area (Å²) in [5.74, 6) is -1.14. The quantitative estimate of drug-likeness (QED) is 0.941. The molecule has 22 heavy (non-hydrogen) atoms. The molecule has 0 aromatic carbocycles. The van der Waals surface area contributed by atoms with Crippen LogP contribution in [0.1, 0.15) is 28.2 Å². The zero-order valence-electron chi connectivity index (χ0n) is 12.2. The number of carboxylic acid groups (broad SMARTS) is 1. The Hall–Kier alpha value is -2.15. The highest BCUT2D eigenvalue weighted by Gasteiger charge is 2.29. The van der Waals surface area contributed by atoms with Crippen LogP contribution in [0.25, 0.3) is 5.13 Å². The number of amides is 1. The average molecular weight is 319 g/mol. The Balaban J connectivity index is 1.75. The molecule has 2 aromatic heterocycles. The van der Waals surface area contributed by atoms with Crippen molar-refractivity contribution in [3.8, 4) is 5.13 Å². The third-order valence-corrected chi connectivity index (χ3v) is 5.10. The van der Waals surface area contributed by atoms with Crippen LogP contribution in [0, 0.1) is 12.8 Å². The first-order chi connectivity index (χ1) is 10.6. The molecule has 0 atom stereocenters. The number of nitrogens with zero attached hydrogens (tertiary/aromatic N) is 3. The number of likely N-dealkylation sites (tertiary alicyclic amines) is 1. The van der Waals surface area contributed by atoms with Crippen LogP contribution in [-0.4, -0.2) is 44.5 Å². The molecule has 7 heteroatoms. The van der Waals surface area contributed by atoms with Crippen molar-refractivity contribution in [2.24, 2.45) is 5.92 Å². The summed E-state index contributed by atoms with van der Waals surface area (Å²) in [5, 5.41) is 9.79. The lowest BCUT2D eigenvalue weighted by Gasteiger charge is -2.29. The van der Waals surface area contributed by atoms with Crippen molar-refractivity contribution in [1.29, 1.82) is 0 Å². The fraction of sp³-hybridized carbons (Fsp3) is 0.400. The summed E-state index contributed by atoms with van der Waals surface area (Å²) in [4.78, 5) is 30.4. The summed E-state index contributed by atoms with van der Waals surface area (Å²) in [6.45, 7) is 2.82. The lowest BCUT2D eigenvalue weighted by molar-refractivity contribution is -0.143. The fourth-order valence-electron chi connectivity index (χ4n) is 2.63. The van der Waals surface area contributed by atoms with Crippen LogP contribution in [0.15, 0.2) is 24.5 Å². The summed E-state index contributed by atoms with van der Waals surface area (Å²) in [6.07, 6.45) is 4.82. The van der Waals surface area contributed by atoms with Gasteiger partial charge in [0.1, 0.15) is 4.88 Å². The second-order valence-electron chi connectivity index (χ2n) is 5.41. The van der Waals surface area contributed by atoms with Gasteiger partial charge in [-0.05, 0) is 31.9 Å². The van der Waals surface area contributed by atoms with Crippen molar-refractivity contribution < 1.29 is 14.7 Å². The maximum absolute atomic E-state index is 12.6. The lowest BCUT2D eigenvalue weighted by Crippen LogP contribution is -2.40. The zero-order chi connectivity index (χ0) is 15.7. The molecule has 1 fully saturated rings. The third kappa shape index (κ3) is 2.76. The van der Waals surface area contributed by atoms with Crippen LogP contribution in [0.3, 0.4) is 0 Å². The molecule has 1 aliphatic rings. The first kappa shape index (κ1) is 14.8. The summed E-state index contributed by atoms with van der Waals surface area (Å²) in [5.41, 5.74) is 0.721. The molecule has 0 saturated carbocycles. The molecule has 1 saturated heterocycles. The topological polar surface area (TPSA) is 75.4 Å². The molecule has 3 rings (SSSR count). The Morgan fingerprint density at radius 1 is 1.27 bits per heavy atom. The van der Waals surface area contributed by atoms with E-state index < -0.39 is 5.97 Å². The lowest BCUT2D eigenvalue weighted by atomic mass is 9.97. The summed E-state index contributed by atoms with van der Waals surface area (Å²) >= 11 is 1.37. The molecule has 2 aromatic rings. The van der Waals surface area contributed by atoms with Gasteiger partial charge in [-0.25, -0.2) is 4.98 Å². The molecule has 0 aliphatic carbocycles. The molecular weight excluding hydrogens is 302 g/mol. The van der Waals surface area contributed by atoms with Crippen molar-refractivity contribution in [3.05, 3.63) is 35.1 Å². The Bertz CT molecular complexity index is 685. The van der Waals surface area contributed by atoms with Crippen molar-refractivity contribution in [2.45, 2.75) is 19.8 Å². The molecule has 1 amide bonds.